The second kappa shape index (κ2) is 7.77. The lowest BCUT2D eigenvalue weighted by molar-refractivity contribution is 0.412. The van der Waals surface area contributed by atoms with Gasteiger partial charge in [-0.2, -0.15) is 4.31 Å². The first-order valence-electron chi connectivity index (χ1n) is 7.94. The number of hydrogen-bond acceptors (Lipinski definition) is 4. The highest BCUT2D eigenvalue weighted by Crippen LogP contribution is 2.28. The van der Waals surface area contributed by atoms with Crippen molar-refractivity contribution in [3.63, 3.8) is 0 Å². The van der Waals surface area contributed by atoms with Crippen LogP contribution in [0.25, 0.3) is 0 Å². The monoisotopic (exact) mass is 348 g/mol. The summed E-state index contributed by atoms with van der Waals surface area (Å²) in [5, 5.41) is 0. The molecule has 0 aliphatic rings. The summed E-state index contributed by atoms with van der Waals surface area (Å²) in [6.07, 6.45) is 4.10. The smallest absolute Gasteiger partial charge is 0.243 e. The molecule has 0 atom stereocenters. The van der Waals surface area contributed by atoms with E-state index in [1.807, 2.05) is 19.1 Å². The molecule has 0 saturated heterocycles. The van der Waals surface area contributed by atoms with Crippen molar-refractivity contribution in [2.75, 3.05) is 20.2 Å². The number of sulfonamides is 1. The number of aryl methyl sites for hydroxylation is 2. The Bertz CT molecular complexity index is 766. The lowest BCUT2D eigenvalue weighted by Gasteiger charge is -2.23. The normalized spacial score (nSPS) is 11.7. The molecule has 1 aromatic heterocycles. The molecule has 0 spiro atoms. The summed E-state index contributed by atoms with van der Waals surface area (Å²) in [7, 11) is -1.97. The van der Waals surface area contributed by atoms with Crippen molar-refractivity contribution in [3.05, 3.63) is 53.3 Å². The molecule has 0 unspecified atom stereocenters. The SMILES string of the molecule is CCN(CCc1ccncc1)S(=O)(=O)c1c(C)cc(OC)cc1C. The van der Waals surface area contributed by atoms with E-state index in [2.05, 4.69) is 4.98 Å². The molecule has 0 amide bonds. The molecule has 6 heteroatoms. The van der Waals surface area contributed by atoms with Gasteiger partial charge in [0.25, 0.3) is 0 Å². The Balaban J connectivity index is 2.30. The highest BCUT2D eigenvalue weighted by atomic mass is 32.2. The molecule has 0 saturated carbocycles. The van der Waals surface area contributed by atoms with Crippen LogP contribution >= 0.6 is 0 Å². The van der Waals surface area contributed by atoms with Gasteiger partial charge in [0.1, 0.15) is 5.75 Å². The third-order valence-corrected chi connectivity index (χ3v) is 6.30. The van der Waals surface area contributed by atoms with E-state index < -0.39 is 10.0 Å². The summed E-state index contributed by atoms with van der Waals surface area (Å²) in [4.78, 5) is 4.36. The number of methoxy groups -OCH3 is 1. The van der Waals surface area contributed by atoms with E-state index in [1.54, 1.807) is 45.5 Å². The molecule has 0 radical (unpaired) electrons. The van der Waals surface area contributed by atoms with Crippen molar-refractivity contribution in [2.24, 2.45) is 0 Å². The zero-order valence-electron chi connectivity index (χ0n) is 14.6. The van der Waals surface area contributed by atoms with Crippen molar-refractivity contribution >= 4 is 10.0 Å². The highest BCUT2D eigenvalue weighted by molar-refractivity contribution is 7.89. The molecule has 1 heterocycles. The molecule has 0 bridgehead atoms. The zero-order chi connectivity index (χ0) is 17.7. The van der Waals surface area contributed by atoms with Gasteiger partial charge in [0.15, 0.2) is 0 Å². The van der Waals surface area contributed by atoms with E-state index in [-0.39, 0.29) is 0 Å². The van der Waals surface area contributed by atoms with Gasteiger partial charge in [0, 0.05) is 25.5 Å². The van der Waals surface area contributed by atoms with E-state index in [1.165, 1.54) is 4.31 Å². The summed E-state index contributed by atoms with van der Waals surface area (Å²) >= 11 is 0. The fourth-order valence-corrected chi connectivity index (χ4v) is 4.68. The number of rotatable bonds is 7. The Kier molecular flexibility index (Phi) is 5.96. The van der Waals surface area contributed by atoms with Gasteiger partial charge in [0.05, 0.1) is 12.0 Å². The first-order valence-corrected chi connectivity index (χ1v) is 9.38. The third kappa shape index (κ3) is 3.94. The predicted molar refractivity (Wildman–Crippen MR) is 94.8 cm³/mol. The molecule has 5 nitrogen and oxygen atoms in total. The molecule has 130 valence electrons. The quantitative estimate of drug-likeness (QED) is 0.772. The Morgan fingerprint density at radius 2 is 1.71 bits per heavy atom. The van der Waals surface area contributed by atoms with E-state index in [4.69, 9.17) is 4.74 Å². The highest BCUT2D eigenvalue weighted by Gasteiger charge is 2.26. The Morgan fingerprint density at radius 3 is 2.21 bits per heavy atom. The number of likely N-dealkylation sites (N-methyl/N-ethyl adjacent to an activating group) is 1. The van der Waals surface area contributed by atoms with Gasteiger partial charge in [-0.1, -0.05) is 6.92 Å². The molecular formula is C18H24N2O3S. The van der Waals surface area contributed by atoms with Crippen molar-refractivity contribution < 1.29 is 13.2 Å². The van der Waals surface area contributed by atoms with E-state index in [0.717, 1.165) is 5.56 Å². The van der Waals surface area contributed by atoms with Crippen LogP contribution in [0.5, 0.6) is 5.75 Å². The number of nitrogens with zero attached hydrogens (tertiary/aromatic N) is 2. The Hall–Kier alpha value is -1.92. The fourth-order valence-electron chi connectivity index (χ4n) is 2.82. The van der Waals surface area contributed by atoms with Gasteiger partial charge in [0.2, 0.25) is 10.0 Å². The molecule has 1 aromatic carbocycles. The van der Waals surface area contributed by atoms with Crippen molar-refractivity contribution in [2.45, 2.75) is 32.1 Å². The molecule has 0 aliphatic carbocycles. The van der Waals surface area contributed by atoms with Crippen molar-refractivity contribution in [1.29, 1.82) is 0 Å². The van der Waals surface area contributed by atoms with Crippen LogP contribution in [-0.4, -0.2) is 37.9 Å². The molecular weight excluding hydrogens is 324 g/mol. The largest absolute Gasteiger partial charge is 0.497 e. The maximum absolute atomic E-state index is 13.1. The van der Waals surface area contributed by atoms with Crippen LogP contribution in [0.1, 0.15) is 23.6 Å². The second-order valence-corrected chi connectivity index (χ2v) is 7.57. The summed E-state index contributed by atoms with van der Waals surface area (Å²) in [5.41, 5.74) is 2.48. The number of ether oxygens (including phenoxy) is 1. The van der Waals surface area contributed by atoms with Gasteiger partial charge in [-0.05, 0) is 61.2 Å². The first-order chi connectivity index (χ1) is 11.4. The minimum atomic E-state index is -3.55. The fraction of sp³-hybridized carbons (Fsp3) is 0.389. The van der Waals surface area contributed by atoms with E-state index in [0.29, 0.717) is 41.3 Å². The first kappa shape index (κ1) is 18.4. The number of aromatic nitrogens is 1. The standard InChI is InChI=1S/C18H24N2O3S/c1-5-20(11-8-16-6-9-19-10-7-16)24(21,22)18-14(2)12-17(23-4)13-15(18)3/h6-7,9-10,12-13H,5,8,11H2,1-4H3. The van der Waals surface area contributed by atoms with Crippen LogP contribution in [0.4, 0.5) is 0 Å². The van der Waals surface area contributed by atoms with Gasteiger partial charge in [-0.15, -0.1) is 0 Å². The lowest BCUT2D eigenvalue weighted by atomic mass is 10.1. The average Bonchev–Trinajstić information content (AvgIpc) is 2.55. The summed E-state index contributed by atoms with van der Waals surface area (Å²) in [6.45, 7) is 6.34. The second-order valence-electron chi connectivity index (χ2n) is 5.69. The molecule has 0 aliphatic heterocycles. The van der Waals surface area contributed by atoms with Gasteiger partial charge in [-0.25, -0.2) is 8.42 Å². The topological polar surface area (TPSA) is 59.5 Å². The Labute approximate surface area is 144 Å². The minimum Gasteiger partial charge on any atom is -0.497 e. The van der Waals surface area contributed by atoms with Crippen molar-refractivity contribution in [1.82, 2.24) is 9.29 Å². The third-order valence-electron chi connectivity index (χ3n) is 4.02. The van der Waals surface area contributed by atoms with Crippen LogP contribution in [0.15, 0.2) is 41.6 Å². The van der Waals surface area contributed by atoms with Crippen LogP contribution < -0.4 is 4.74 Å². The summed E-state index contributed by atoms with van der Waals surface area (Å²) in [5.74, 6) is 0.670. The predicted octanol–water partition coefficient (Wildman–Crippen LogP) is 2.96. The van der Waals surface area contributed by atoms with Crippen LogP contribution in [0.2, 0.25) is 0 Å². The number of hydrogen-bond donors (Lipinski definition) is 0. The summed E-state index contributed by atoms with van der Waals surface area (Å²) < 4.78 is 32.9. The zero-order valence-corrected chi connectivity index (χ0v) is 15.4. The minimum absolute atomic E-state index is 0.375. The van der Waals surface area contributed by atoms with Crippen LogP contribution in [0, 0.1) is 13.8 Å². The molecule has 24 heavy (non-hydrogen) atoms. The Morgan fingerprint density at radius 1 is 1.12 bits per heavy atom. The average molecular weight is 348 g/mol. The van der Waals surface area contributed by atoms with Crippen LogP contribution in [0.3, 0.4) is 0 Å². The van der Waals surface area contributed by atoms with Gasteiger partial charge in [-0.3, -0.25) is 4.98 Å². The maximum Gasteiger partial charge on any atom is 0.243 e. The number of pyridine rings is 1. The summed E-state index contributed by atoms with van der Waals surface area (Å²) in [6, 6.07) is 7.34. The molecule has 2 rings (SSSR count). The lowest BCUT2D eigenvalue weighted by Crippen LogP contribution is -2.33. The number of benzene rings is 1. The van der Waals surface area contributed by atoms with E-state index >= 15 is 0 Å². The maximum atomic E-state index is 13.1. The molecule has 0 fully saturated rings. The van der Waals surface area contributed by atoms with Gasteiger partial charge >= 0.3 is 0 Å². The molecule has 2 aromatic rings. The van der Waals surface area contributed by atoms with Gasteiger partial charge < -0.3 is 4.74 Å². The van der Waals surface area contributed by atoms with E-state index in [9.17, 15) is 8.42 Å². The van der Waals surface area contributed by atoms with Crippen LogP contribution in [-0.2, 0) is 16.4 Å². The molecule has 0 N–H and O–H groups in total. The van der Waals surface area contributed by atoms with Crippen molar-refractivity contribution in [3.8, 4) is 5.75 Å².